The minimum atomic E-state index is -2.85. The zero-order valence-corrected chi connectivity index (χ0v) is 25.5. The van der Waals surface area contributed by atoms with Crippen LogP contribution in [-0.2, 0) is 32.8 Å². The fourth-order valence-corrected chi connectivity index (χ4v) is 11.5. The second-order valence-electron chi connectivity index (χ2n) is 12.0. The van der Waals surface area contributed by atoms with E-state index in [2.05, 4.69) is 69.3 Å². The average Bonchev–Trinajstić information content (AvgIpc) is 3.36. The van der Waals surface area contributed by atoms with Crippen LogP contribution in [-0.4, -0.2) is 83.6 Å². The Morgan fingerprint density at radius 3 is 1.93 bits per heavy atom. The van der Waals surface area contributed by atoms with Gasteiger partial charge in [-0.25, -0.2) is 0 Å². The Labute approximate surface area is 238 Å². The standard InChI is InChI=1S/C31H44O8Si/c1-29(2,3)40(22-15-9-7-10-16-22,23-17-11-8-12-18-23)36-21-24-26-27(25(32)28(33-4)37-24)39-31(38-26)20-14-13-19-30(31,34-5)35-6/h7-12,15-18,24-28,32H,13-14,19-21H2,1-6H3/t24-,25-,26+,27-,28+,31?/m1/s1. The molecule has 2 aromatic carbocycles. The maximum absolute atomic E-state index is 11.2. The molecule has 1 unspecified atom stereocenters. The summed E-state index contributed by atoms with van der Waals surface area (Å²) < 4.78 is 44.3. The molecule has 5 rings (SSSR count). The van der Waals surface area contributed by atoms with E-state index in [1.807, 2.05) is 12.1 Å². The van der Waals surface area contributed by atoms with Gasteiger partial charge in [0.25, 0.3) is 8.32 Å². The summed E-state index contributed by atoms with van der Waals surface area (Å²) in [5.74, 6) is -2.26. The van der Waals surface area contributed by atoms with Crippen LogP contribution in [0.15, 0.2) is 60.7 Å². The first kappa shape index (κ1) is 29.8. The predicted octanol–water partition coefficient (Wildman–Crippen LogP) is 3.34. The van der Waals surface area contributed by atoms with Crippen molar-refractivity contribution in [2.45, 2.75) is 93.8 Å². The molecule has 0 amide bonds. The molecule has 8 nitrogen and oxygen atoms in total. The molecule has 220 valence electrons. The van der Waals surface area contributed by atoms with E-state index in [0.717, 1.165) is 12.8 Å². The van der Waals surface area contributed by atoms with Crippen LogP contribution in [0.5, 0.6) is 0 Å². The highest BCUT2D eigenvalue weighted by Crippen LogP contribution is 2.51. The molecule has 2 heterocycles. The Morgan fingerprint density at radius 1 is 0.850 bits per heavy atom. The van der Waals surface area contributed by atoms with Gasteiger partial charge in [-0.15, -0.1) is 0 Å². The highest BCUT2D eigenvalue weighted by molar-refractivity contribution is 6.99. The minimum Gasteiger partial charge on any atom is -0.405 e. The minimum absolute atomic E-state index is 0.206. The largest absolute Gasteiger partial charge is 0.405 e. The second-order valence-corrected chi connectivity index (χ2v) is 16.3. The van der Waals surface area contributed by atoms with Crippen molar-refractivity contribution < 1.29 is 38.0 Å². The highest BCUT2D eigenvalue weighted by atomic mass is 28.4. The van der Waals surface area contributed by atoms with E-state index in [1.54, 1.807) is 14.2 Å². The summed E-state index contributed by atoms with van der Waals surface area (Å²) in [5, 5.41) is 13.4. The molecule has 2 aromatic rings. The fraction of sp³-hybridized carbons (Fsp3) is 0.613. The summed E-state index contributed by atoms with van der Waals surface area (Å²) >= 11 is 0. The number of aliphatic hydroxyl groups is 1. The monoisotopic (exact) mass is 572 g/mol. The third kappa shape index (κ3) is 4.79. The molecule has 1 aliphatic carbocycles. The fourth-order valence-electron chi connectivity index (χ4n) is 6.93. The number of ether oxygens (including phenoxy) is 6. The SMILES string of the molecule is CO[C@H]1O[C@H](CO[Si](c2ccccc2)(c2ccccc2)C(C)(C)C)[C@@H]2OC3(CCCCC3(OC)OC)O[C@@H]2[C@H]1O. The predicted molar refractivity (Wildman–Crippen MR) is 153 cm³/mol. The molecule has 0 radical (unpaired) electrons. The Kier molecular flexibility index (Phi) is 8.61. The zero-order valence-electron chi connectivity index (χ0n) is 24.5. The Hall–Kier alpha value is -1.66. The molecule has 6 atom stereocenters. The molecule has 0 aromatic heterocycles. The van der Waals surface area contributed by atoms with E-state index in [1.165, 1.54) is 17.5 Å². The number of hydrogen-bond donors (Lipinski definition) is 1. The van der Waals surface area contributed by atoms with E-state index < -0.39 is 50.6 Å². The van der Waals surface area contributed by atoms with Crippen molar-refractivity contribution >= 4 is 18.7 Å². The highest BCUT2D eigenvalue weighted by Gasteiger charge is 2.67. The van der Waals surface area contributed by atoms with Crippen LogP contribution in [0.4, 0.5) is 0 Å². The van der Waals surface area contributed by atoms with Crippen molar-refractivity contribution in [1.29, 1.82) is 0 Å². The Bertz CT molecular complexity index is 1070. The topological polar surface area (TPSA) is 84.8 Å². The van der Waals surface area contributed by atoms with Gasteiger partial charge >= 0.3 is 0 Å². The normalized spacial score (nSPS) is 32.2. The van der Waals surface area contributed by atoms with Crippen molar-refractivity contribution in [3.63, 3.8) is 0 Å². The van der Waals surface area contributed by atoms with Crippen molar-refractivity contribution in [2.75, 3.05) is 27.9 Å². The van der Waals surface area contributed by atoms with Crippen molar-refractivity contribution in [2.24, 2.45) is 0 Å². The van der Waals surface area contributed by atoms with Crippen LogP contribution in [0, 0.1) is 0 Å². The Balaban J connectivity index is 1.52. The van der Waals surface area contributed by atoms with Gasteiger partial charge in [-0.3, -0.25) is 0 Å². The van der Waals surface area contributed by atoms with Gasteiger partial charge < -0.3 is 38.0 Å². The van der Waals surface area contributed by atoms with Crippen molar-refractivity contribution in [3.05, 3.63) is 60.7 Å². The summed E-state index contributed by atoms with van der Waals surface area (Å²) in [4.78, 5) is 0. The van der Waals surface area contributed by atoms with Crippen LogP contribution in [0.2, 0.25) is 5.04 Å². The third-order valence-electron chi connectivity index (χ3n) is 8.88. The van der Waals surface area contributed by atoms with E-state index >= 15 is 0 Å². The number of fused-ring (bicyclic) bond motifs is 1. The van der Waals surface area contributed by atoms with Crippen LogP contribution in [0.3, 0.4) is 0 Å². The van der Waals surface area contributed by atoms with Gasteiger partial charge in [0.15, 0.2) is 6.29 Å². The smallest absolute Gasteiger partial charge is 0.261 e. The third-order valence-corrected chi connectivity index (χ3v) is 13.9. The van der Waals surface area contributed by atoms with Crippen LogP contribution < -0.4 is 10.4 Å². The molecular weight excluding hydrogens is 528 g/mol. The van der Waals surface area contributed by atoms with Crippen molar-refractivity contribution in [3.8, 4) is 0 Å². The molecule has 2 saturated heterocycles. The molecule has 3 fully saturated rings. The summed E-state index contributed by atoms with van der Waals surface area (Å²) in [6.07, 6.45) is -0.804. The molecule has 9 heteroatoms. The number of rotatable bonds is 8. The lowest BCUT2D eigenvalue weighted by Crippen LogP contribution is -2.68. The average molecular weight is 573 g/mol. The van der Waals surface area contributed by atoms with Crippen LogP contribution in [0.1, 0.15) is 46.5 Å². The van der Waals surface area contributed by atoms with Crippen LogP contribution in [0.25, 0.3) is 0 Å². The van der Waals surface area contributed by atoms with Crippen LogP contribution >= 0.6 is 0 Å². The lowest BCUT2D eigenvalue weighted by molar-refractivity contribution is -0.389. The van der Waals surface area contributed by atoms with E-state index in [0.29, 0.717) is 12.8 Å². The first-order valence-corrected chi connectivity index (χ1v) is 16.1. The number of methoxy groups -OCH3 is 3. The lowest BCUT2D eigenvalue weighted by Gasteiger charge is -2.47. The first-order valence-electron chi connectivity index (χ1n) is 14.2. The molecule has 1 saturated carbocycles. The maximum atomic E-state index is 11.2. The van der Waals surface area contributed by atoms with Gasteiger partial charge in [0.2, 0.25) is 11.6 Å². The number of benzene rings is 2. The summed E-state index contributed by atoms with van der Waals surface area (Å²) in [7, 11) is 1.90. The molecule has 1 N–H and O–H groups in total. The Morgan fingerprint density at radius 2 is 1.40 bits per heavy atom. The lowest BCUT2D eigenvalue weighted by atomic mass is 9.87. The molecular formula is C31H44O8Si. The van der Waals surface area contributed by atoms with E-state index in [-0.39, 0.29) is 11.6 Å². The summed E-state index contributed by atoms with van der Waals surface area (Å²) in [6, 6.07) is 21.0. The molecule has 40 heavy (non-hydrogen) atoms. The van der Waals surface area contributed by atoms with E-state index in [9.17, 15) is 5.11 Å². The first-order chi connectivity index (χ1) is 19.2. The van der Waals surface area contributed by atoms with Crippen molar-refractivity contribution in [1.82, 2.24) is 0 Å². The van der Waals surface area contributed by atoms with Gasteiger partial charge in [-0.05, 0) is 28.3 Å². The second kappa shape index (κ2) is 11.5. The molecule has 3 aliphatic rings. The zero-order chi connectivity index (χ0) is 28.6. The number of hydrogen-bond acceptors (Lipinski definition) is 8. The van der Waals surface area contributed by atoms with Gasteiger partial charge in [-0.2, -0.15) is 0 Å². The number of aliphatic hydroxyl groups excluding tert-OH is 1. The molecule has 1 spiro atoms. The summed E-state index contributed by atoms with van der Waals surface area (Å²) in [5.41, 5.74) is 0. The molecule has 0 bridgehead atoms. The summed E-state index contributed by atoms with van der Waals surface area (Å²) in [6.45, 7) is 6.95. The maximum Gasteiger partial charge on any atom is 0.261 e. The quantitative estimate of drug-likeness (QED) is 0.381. The van der Waals surface area contributed by atoms with Gasteiger partial charge in [0, 0.05) is 34.2 Å². The van der Waals surface area contributed by atoms with Gasteiger partial charge in [-0.1, -0.05) is 81.4 Å². The van der Waals surface area contributed by atoms with Gasteiger partial charge in [0.1, 0.15) is 24.4 Å². The van der Waals surface area contributed by atoms with E-state index in [4.69, 9.17) is 32.8 Å². The van der Waals surface area contributed by atoms with Gasteiger partial charge in [0.05, 0.1) is 6.61 Å². The molecule has 2 aliphatic heterocycles.